The molecule has 0 saturated carbocycles. The fraction of sp³-hybridized carbons (Fsp3) is 0.143. The number of benzene rings is 1. The minimum atomic E-state index is -4.68. The van der Waals surface area contributed by atoms with E-state index >= 15 is 0 Å². The van der Waals surface area contributed by atoms with E-state index in [4.69, 9.17) is 10.00 Å². The van der Waals surface area contributed by atoms with Crippen LogP contribution in [0.4, 0.5) is 8.78 Å². The molecule has 2 heterocycles. The lowest BCUT2D eigenvalue weighted by Crippen LogP contribution is -2.24. The molecular formula is C14H7BrF2N2O3S. The molecule has 0 amide bonds. The van der Waals surface area contributed by atoms with Crippen molar-refractivity contribution in [1.82, 2.24) is 4.98 Å². The highest BCUT2D eigenvalue weighted by Gasteiger charge is 2.53. The minimum Gasteiger partial charge on any atom is -0.455 e. The van der Waals surface area contributed by atoms with Gasteiger partial charge in [0.25, 0.3) is 0 Å². The van der Waals surface area contributed by atoms with Crippen LogP contribution in [0.1, 0.15) is 11.1 Å². The van der Waals surface area contributed by atoms with Gasteiger partial charge in [-0.1, -0.05) is 0 Å². The fourth-order valence-corrected chi connectivity index (χ4v) is 4.30. The van der Waals surface area contributed by atoms with Crippen LogP contribution in [-0.2, 0) is 16.3 Å². The van der Waals surface area contributed by atoms with Crippen LogP contribution in [0.25, 0.3) is 0 Å². The Morgan fingerprint density at radius 2 is 2.09 bits per heavy atom. The Bertz CT molecular complexity index is 955. The van der Waals surface area contributed by atoms with Gasteiger partial charge in [0.2, 0.25) is 9.84 Å². The number of rotatable bonds is 2. The molecule has 0 N–H and O–H groups in total. The van der Waals surface area contributed by atoms with E-state index in [1.165, 1.54) is 24.5 Å². The Labute approximate surface area is 138 Å². The van der Waals surface area contributed by atoms with E-state index < -0.39 is 26.4 Å². The average Bonchev–Trinajstić information content (AvgIpc) is 2.69. The number of sulfone groups is 1. The molecule has 0 aliphatic carbocycles. The van der Waals surface area contributed by atoms with Crippen LogP contribution in [0.15, 0.2) is 40.0 Å². The quantitative estimate of drug-likeness (QED) is 0.771. The van der Waals surface area contributed by atoms with Crippen molar-refractivity contribution in [1.29, 1.82) is 5.26 Å². The summed E-state index contributed by atoms with van der Waals surface area (Å²) in [5.74, 6) is 0.394. The first kappa shape index (κ1) is 15.8. The largest absolute Gasteiger partial charge is 0.455 e. The summed E-state index contributed by atoms with van der Waals surface area (Å²) in [7, 11) is -4.68. The van der Waals surface area contributed by atoms with Crippen LogP contribution < -0.4 is 4.74 Å². The molecule has 0 saturated heterocycles. The van der Waals surface area contributed by atoms with Crippen molar-refractivity contribution in [2.24, 2.45) is 0 Å². The summed E-state index contributed by atoms with van der Waals surface area (Å²) in [6, 6.07) is 5.70. The molecule has 9 heteroatoms. The lowest BCUT2D eigenvalue weighted by Gasteiger charge is -2.10. The van der Waals surface area contributed by atoms with Crippen LogP contribution in [-0.4, -0.2) is 18.7 Å². The summed E-state index contributed by atoms with van der Waals surface area (Å²) in [5.41, 5.74) is 0.241. The number of alkyl halides is 2. The number of halogens is 3. The second-order valence-electron chi connectivity index (χ2n) is 4.80. The Morgan fingerprint density at radius 1 is 1.35 bits per heavy atom. The maximum atomic E-state index is 13.7. The second-order valence-corrected chi connectivity index (χ2v) is 7.63. The van der Waals surface area contributed by atoms with Gasteiger partial charge in [-0.25, -0.2) is 8.42 Å². The summed E-state index contributed by atoms with van der Waals surface area (Å²) >= 11 is 3.12. The molecule has 118 valence electrons. The van der Waals surface area contributed by atoms with Crippen molar-refractivity contribution >= 4 is 25.8 Å². The zero-order valence-electron chi connectivity index (χ0n) is 11.3. The SMILES string of the molecule is N#Cc1cncc(Oc2ccc3c(c2Br)CC(F)(F)S3(=O)=O)c1. The van der Waals surface area contributed by atoms with Crippen molar-refractivity contribution < 1.29 is 21.9 Å². The van der Waals surface area contributed by atoms with E-state index in [-0.39, 0.29) is 27.1 Å². The molecule has 0 bridgehead atoms. The molecule has 0 atom stereocenters. The highest BCUT2D eigenvalue weighted by molar-refractivity contribution is 9.10. The predicted molar refractivity (Wildman–Crippen MR) is 79.0 cm³/mol. The number of hydrogen-bond acceptors (Lipinski definition) is 5. The van der Waals surface area contributed by atoms with E-state index in [1.54, 1.807) is 0 Å². The van der Waals surface area contributed by atoms with Crippen LogP contribution in [0, 0.1) is 11.3 Å². The van der Waals surface area contributed by atoms with Gasteiger partial charge < -0.3 is 4.74 Å². The maximum Gasteiger partial charge on any atom is 0.354 e. The second kappa shape index (κ2) is 5.25. The van der Waals surface area contributed by atoms with Gasteiger partial charge in [0.1, 0.15) is 17.6 Å². The average molecular weight is 401 g/mol. The van der Waals surface area contributed by atoms with Crippen molar-refractivity contribution in [3.05, 3.63) is 46.2 Å². The van der Waals surface area contributed by atoms with Gasteiger partial charge in [-0.05, 0) is 33.6 Å². The van der Waals surface area contributed by atoms with Gasteiger partial charge in [-0.3, -0.25) is 4.98 Å². The molecule has 0 unspecified atom stereocenters. The molecule has 0 spiro atoms. The number of ether oxygens (including phenoxy) is 1. The van der Waals surface area contributed by atoms with Crippen LogP contribution in [0.2, 0.25) is 0 Å². The Morgan fingerprint density at radius 3 is 2.78 bits per heavy atom. The topological polar surface area (TPSA) is 80.0 Å². The van der Waals surface area contributed by atoms with E-state index in [9.17, 15) is 17.2 Å². The number of pyridine rings is 1. The monoisotopic (exact) mass is 400 g/mol. The van der Waals surface area contributed by atoms with Crippen LogP contribution >= 0.6 is 15.9 Å². The van der Waals surface area contributed by atoms with Gasteiger partial charge in [-0.15, -0.1) is 0 Å². The van der Waals surface area contributed by atoms with Gasteiger partial charge in [0, 0.05) is 12.3 Å². The standard InChI is InChI=1S/C14H7BrF2N2O3S/c15-13-10-4-14(16,17)23(20,21)12(10)2-1-11(13)22-9-3-8(5-18)6-19-7-9/h1-3,6-7H,4H2. The first-order valence-corrected chi connectivity index (χ1v) is 8.51. The lowest BCUT2D eigenvalue weighted by atomic mass is 10.1. The molecule has 23 heavy (non-hydrogen) atoms. The van der Waals surface area contributed by atoms with Gasteiger partial charge in [-0.2, -0.15) is 14.0 Å². The van der Waals surface area contributed by atoms with Gasteiger partial charge in [0.05, 0.1) is 27.5 Å². The van der Waals surface area contributed by atoms with E-state index in [2.05, 4.69) is 20.9 Å². The third-order valence-corrected chi connectivity index (χ3v) is 6.06. The zero-order chi connectivity index (χ0) is 16.8. The third kappa shape index (κ3) is 2.48. The summed E-state index contributed by atoms with van der Waals surface area (Å²) in [4.78, 5) is 3.41. The summed E-state index contributed by atoms with van der Waals surface area (Å²) in [5, 5.41) is 4.99. The molecule has 2 aromatic rings. The Hall–Kier alpha value is -2.05. The fourth-order valence-electron chi connectivity index (χ4n) is 2.20. The van der Waals surface area contributed by atoms with E-state index in [0.29, 0.717) is 0 Å². The number of aromatic nitrogens is 1. The summed E-state index contributed by atoms with van der Waals surface area (Å²) in [6.45, 7) is 0. The van der Waals surface area contributed by atoms with Gasteiger partial charge >= 0.3 is 5.25 Å². The highest BCUT2D eigenvalue weighted by atomic mass is 79.9. The van der Waals surface area contributed by atoms with E-state index in [1.807, 2.05) is 6.07 Å². The molecule has 1 aliphatic heterocycles. The third-order valence-electron chi connectivity index (χ3n) is 3.30. The smallest absolute Gasteiger partial charge is 0.354 e. The summed E-state index contributed by atoms with van der Waals surface area (Å²) < 4.78 is 56.5. The molecule has 1 aromatic carbocycles. The Balaban J connectivity index is 2.04. The van der Waals surface area contributed by atoms with Crippen molar-refractivity contribution in [2.45, 2.75) is 16.6 Å². The first-order chi connectivity index (χ1) is 10.8. The zero-order valence-corrected chi connectivity index (χ0v) is 13.7. The number of nitrogens with zero attached hydrogens (tertiary/aromatic N) is 2. The molecule has 3 rings (SSSR count). The lowest BCUT2D eigenvalue weighted by molar-refractivity contribution is 0.0981. The van der Waals surface area contributed by atoms with Gasteiger partial charge in [0.15, 0.2) is 0 Å². The minimum absolute atomic E-state index is 0.0307. The highest BCUT2D eigenvalue weighted by Crippen LogP contribution is 2.47. The summed E-state index contributed by atoms with van der Waals surface area (Å²) in [6.07, 6.45) is 1.78. The Kier molecular flexibility index (Phi) is 3.61. The van der Waals surface area contributed by atoms with Crippen molar-refractivity contribution in [3.63, 3.8) is 0 Å². The van der Waals surface area contributed by atoms with E-state index in [0.717, 1.165) is 6.07 Å². The van der Waals surface area contributed by atoms with Crippen molar-refractivity contribution in [2.75, 3.05) is 0 Å². The van der Waals surface area contributed by atoms with Crippen LogP contribution in [0.3, 0.4) is 0 Å². The number of nitriles is 1. The van der Waals surface area contributed by atoms with Crippen LogP contribution in [0.5, 0.6) is 11.5 Å². The molecule has 1 aromatic heterocycles. The maximum absolute atomic E-state index is 13.7. The molecule has 0 fully saturated rings. The predicted octanol–water partition coefficient (Wildman–Crippen LogP) is 3.43. The first-order valence-electron chi connectivity index (χ1n) is 6.23. The molecule has 0 radical (unpaired) electrons. The normalized spacial score (nSPS) is 17.3. The number of hydrogen-bond donors (Lipinski definition) is 0. The molecular weight excluding hydrogens is 394 g/mol. The molecule has 1 aliphatic rings. The molecule has 5 nitrogen and oxygen atoms in total. The number of fused-ring (bicyclic) bond motifs is 1. The van der Waals surface area contributed by atoms with Crippen molar-refractivity contribution in [3.8, 4) is 17.6 Å².